The number of pyridine rings is 1. The Labute approximate surface area is 166 Å². The van der Waals surface area contributed by atoms with Gasteiger partial charge in [-0.05, 0) is 77.0 Å². The van der Waals surface area contributed by atoms with Crippen molar-refractivity contribution in [2.45, 2.75) is 64.5 Å². The fourth-order valence-corrected chi connectivity index (χ4v) is 5.81. The lowest BCUT2D eigenvalue weighted by atomic mass is 9.56. The second-order valence-corrected chi connectivity index (χ2v) is 10.3. The number of hydrogen-bond acceptors (Lipinski definition) is 3. The Morgan fingerprint density at radius 2 is 1.93 bits per heavy atom. The summed E-state index contributed by atoms with van der Waals surface area (Å²) in [7, 11) is 0. The zero-order valence-electron chi connectivity index (χ0n) is 17.2. The molecule has 1 N–H and O–H groups in total. The first-order valence-electron chi connectivity index (χ1n) is 10.7. The van der Waals surface area contributed by atoms with E-state index in [2.05, 4.69) is 42.8 Å². The van der Waals surface area contributed by atoms with Crippen LogP contribution in [0.2, 0.25) is 0 Å². The number of fused-ring (bicyclic) bond motifs is 1. The Morgan fingerprint density at radius 3 is 2.57 bits per heavy atom. The van der Waals surface area contributed by atoms with Crippen LogP contribution in [0.1, 0.15) is 58.2 Å². The third kappa shape index (κ3) is 2.95. The van der Waals surface area contributed by atoms with Crippen molar-refractivity contribution in [3.05, 3.63) is 30.1 Å². The molecule has 5 heteroatoms. The van der Waals surface area contributed by atoms with Gasteiger partial charge in [-0.15, -0.1) is 0 Å². The van der Waals surface area contributed by atoms with E-state index in [0.29, 0.717) is 30.2 Å². The van der Waals surface area contributed by atoms with Crippen LogP contribution < -0.4 is 0 Å². The predicted octanol–water partition coefficient (Wildman–Crippen LogP) is 3.56. The molecule has 3 fully saturated rings. The highest BCUT2D eigenvalue weighted by Crippen LogP contribution is 2.53. The van der Waals surface area contributed by atoms with Crippen LogP contribution in [-0.2, 0) is 11.2 Å². The second-order valence-electron chi connectivity index (χ2n) is 10.3. The first-order valence-corrected chi connectivity index (χ1v) is 10.7. The lowest BCUT2D eigenvalue weighted by Gasteiger charge is -2.60. The Morgan fingerprint density at radius 1 is 1.21 bits per heavy atom. The number of aliphatic hydroxyl groups is 1. The van der Waals surface area contributed by atoms with Crippen molar-refractivity contribution in [2.75, 3.05) is 13.1 Å². The number of nitrogens with zero attached hydrogens (tertiary/aromatic N) is 3. The number of hydrogen-bond donors (Lipinski definition) is 1. The monoisotopic (exact) mass is 381 g/mol. The van der Waals surface area contributed by atoms with Crippen molar-refractivity contribution in [1.82, 2.24) is 14.5 Å². The molecular formula is C23H31N3O2. The third-order valence-electron chi connectivity index (χ3n) is 7.21. The van der Waals surface area contributed by atoms with Crippen LogP contribution in [0.5, 0.6) is 0 Å². The van der Waals surface area contributed by atoms with Crippen molar-refractivity contribution in [3.63, 3.8) is 0 Å². The van der Waals surface area contributed by atoms with Gasteiger partial charge in [0.1, 0.15) is 5.65 Å². The van der Waals surface area contributed by atoms with Gasteiger partial charge in [0.15, 0.2) is 0 Å². The highest BCUT2D eigenvalue weighted by Gasteiger charge is 2.55. The molecule has 0 bridgehead atoms. The molecule has 1 saturated heterocycles. The lowest BCUT2D eigenvalue weighted by Crippen LogP contribution is -2.66. The van der Waals surface area contributed by atoms with E-state index in [4.69, 9.17) is 4.98 Å². The first kappa shape index (κ1) is 18.2. The number of rotatable bonds is 4. The smallest absolute Gasteiger partial charge is 0.225 e. The van der Waals surface area contributed by atoms with Crippen molar-refractivity contribution < 1.29 is 9.90 Å². The number of amides is 1. The van der Waals surface area contributed by atoms with Crippen LogP contribution >= 0.6 is 0 Å². The fourth-order valence-electron chi connectivity index (χ4n) is 5.81. The van der Waals surface area contributed by atoms with E-state index in [1.807, 2.05) is 11.8 Å². The van der Waals surface area contributed by atoms with E-state index in [1.54, 1.807) is 0 Å². The fraction of sp³-hybridized carbons (Fsp3) is 0.652. The molecule has 5 rings (SSSR count). The molecule has 2 aromatic rings. The highest BCUT2D eigenvalue weighted by atomic mass is 16.3. The summed E-state index contributed by atoms with van der Waals surface area (Å²) in [6, 6.07) is 6.94. The van der Waals surface area contributed by atoms with Crippen LogP contribution in [0.3, 0.4) is 0 Å². The van der Waals surface area contributed by atoms with Gasteiger partial charge < -0.3 is 14.6 Å². The minimum absolute atomic E-state index is 0.0522. The van der Waals surface area contributed by atoms with Crippen LogP contribution in [0.4, 0.5) is 0 Å². The van der Waals surface area contributed by atoms with Gasteiger partial charge >= 0.3 is 0 Å². The average molecular weight is 382 g/mol. The molecule has 0 radical (unpaired) electrons. The minimum Gasteiger partial charge on any atom is -0.390 e. The van der Waals surface area contributed by atoms with Crippen molar-refractivity contribution >= 4 is 16.9 Å². The molecule has 1 spiro atoms. The summed E-state index contributed by atoms with van der Waals surface area (Å²) in [5.41, 5.74) is 2.04. The molecule has 150 valence electrons. The molecule has 3 aliphatic rings. The summed E-state index contributed by atoms with van der Waals surface area (Å²) in [6.45, 7) is 8.05. The third-order valence-corrected chi connectivity index (χ3v) is 7.21. The van der Waals surface area contributed by atoms with E-state index < -0.39 is 5.60 Å². The summed E-state index contributed by atoms with van der Waals surface area (Å²) in [4.78, 5) is 19.5. The van der Waals surface area contributed by atoms with Crippen molar-refractivity contribution in [3.8, 4) is 0 Å². The molecule has 2 saturated carbocycles. The van der Waals surface area contributed by atoms with Gasteiger partial charge in [-0.2, -0.15) is 0 Å². The zero-order valence-corrected chi connectivity index (χ0v) is 17.2. The normalized spacial score (nSPS) is 29.0. The van der Waals surface area contributed by atoms with Gasteiger partial charge in [0.05, 0.1) is 5.60 Å². The maximum absolute atomic E-state index is 12.5. The number of likely N-dealkylation sites (tertiary alicyclic amines) is 1. The lowest BCUT2D eigenvalue weighted by molar-refractivity contribution is -0.171. The first-order chi connectivity index (χ1) is 13.2. The van der Waals surface area contributed by atoms with E-state index in [-0.39, 0.29) is 11.8 Å². The number of carbonyl (C=O) groups excluding carboxylic acids is 1. The van der Waals surface area contributed by atoms with Gasteiger partial charge in [-0.3, -0.25) is 4.79 Å². The summed E-state index contributed by atoms with van der Waals surface area (Å²) < 4.78 is 2.24. The van der Waals surface area contributed by atoms with Crippen LogP contribution in [0.25, 0.3) is 11.0 Å². The largest absolute Gasteiger partial charge is 0.390 e. The minimum atomic E-state index is -0.617. The van der Waals surface area contributed by atoms with E-state index in [9.17, 15) is 9.90 Å². The SMILES string of the molecule is CC(C)n1ccc2ccc(CC3CC4(C3)CN(C(=O)[C@H]3C[C@@](C)(O)C3)C4)nc21. The van der Waals surface area contributed by atoms with Gasteiger partial charge in [0, 0.05) is 47.7 Å². The predicted molar refractivity (Wildman–Crippen MR) is 109 cm³/mol. The molecule has 3 heterocycles. The molecule has 2 aromatic heterocycles. The Hall–Kier alpha value is -1.88. The van der Waals surface area contributed by atoms with Crippen LogP contribution in [0, 0.1) is 17.3 Å². The second kappa shape index (κ2) is 6.06. The standard InChI is InChI=1S/C23H31N3O2/c1-15(2)26-7-6-17-4-5-19(24-20(17)26)8-16-9-23(10-16)13-25(14-23)21(27)18-11-22(3,28)12-18/h4-7,15-16,18,28H,8-14H2,1-3H3/t18-,22+. The zero-order chi connectivity index (χ0) is 19.7. The van der Waals surface area contributed by atoms with Gasteiger partial charge in [-0.25, -0.2) is 4.98 Å². The van der Waals surface area contributed by atoms with Crippen molar-refractivity contribution in [2.24, 2.45) is 17.3 Å². The molecule has 2 aliphatic carbocycles. The molecule has 0 unspecified atom stereocenters. The quantitative estimate of drug-likeness (QED) is 0.881. The van der Waals surface area contributed by atoms with Crippen molar-refractivity contribution in [1.29, 1.82) is 0 Å². The summed E-state index contributed by atoms with van der Waals surface area (Å²) in [5, 5.41) is 11.1. The molecule has 0 atom stereocenters. The van der Waals surface area contributed by atoms with E-state index in [0.717, 1.165) is 25.2 Å². The van der Waals surface area contributed by atoms with Gasteiger partial charge in [-0.1, -0.05) is 0 Å². The van der Waals surface area contributed by atoms with Gasteiger partial charge in [0.2, 0.25) is 5.91 Å². The molecule has 1 aliphatic heterocycles. The molecular weight excluding hydrogens is 350 g/mol. The number of aromatic nitrogens is 2. The molecule has 28 heavy (non-hydrogen) atoms. The molecule has 5 nitrogen and oxygen atoms in total. The Bertz CT molecular complexity index is 907. The highest BCUT2D eigenvalue weighted by molar-refractivity contribution is 5.81. The summed E-state index contributed by atoms with van der Waals surface area (Å²) >= 11 is 0. The van der Waals surface area contributed by atoms with Crippen LogP contribution in [0.15, 0.2) is 24.4 Å². The average Bonchev–Trinajstić information content (AvgIpc) is 2.96. The summed E-state index contributed by atoms with van der Waals surface area (Å²) in [6.07, 6.45) is 6.86. The maximum Gasteiger partial charge on any atom is 0.225 e. The topological polar surface area (TPSA) is 58.4 Å². The van der Waals surface area contributed by atoms with E-state index in [1.165, 1.54) is 23.9 Å². The summed E-state index contributed by atoms with van der Waals surface area (Å²) in [5.74, 6) is 1.01. The molecule has 1 amide bonds. The molecule has 0 aromatic carbocycles. The Kier molecular flexibility index (Phi) is 3.93. The van der Waals surface area contributed by atoms with Crippen LogP contribution in [-0.4, -0.2) is 44.2 Å². The maximum atomic E-state index is 12.5. The van der Waals surface area contributed by atoms with Gasteiger partial charge in [0.25, 0.3) is 0 Å². The number of carbonyl (C=O) groups is 1. The Balaban J connectivity index is 1.15. The van der Waals surface area contributed by atoms with E-state index >= 15 is 0 Å².